The molecule has 4 aromatic rings. The normalized spacial score (nSPS) is 15.0. The van der Waals surface area contributed by atoms with Crippen LogP contribution in [-0.4, -0.2) is 89.3 Å². The van der Waals surface area contributed by atoms with Gasteiger partial charge < -0.3 is 34.6 Å². The first-order valence-corrected chi connectivity index (χ1v) is 16.8. The molecule has 1 aliphatic heterocycles. The highest BCUT2D eigenvalue weighted by Gasteiger charge is 2.49. The number of nitrogens with one attached hydrogen (secondary N) is 1. The van der Waals surface area contributed by atoms with Gasteiger partial charge in [0, 0.05) is 31.5 Å². The molecule has 0 radical (unpaired) electrons. The molecule has 49 heavy (non-hydrogen) atoms. The lowest BCUT2D eigenvalue weighted by atomic mass is 10.1. The number of aromatic nitrogens is 3. The summed E-state index contributed by atoms with van der Waals surface area (Å²) in [6.45, 7) is 8.17. The van der Waals surface area contributed by atoms with Gasteiger partial charge in [-0.3, -0.25) is 0 Å². The van der Waals surface area contributed by atoms with Crippen molar-refractivity contribution < 1.29 is 50.8 Å². The Kier molecular flexibility index (Phi) is 9.77. The molecule has 0 amide bonds. The maximum absolute atomic E-state index is 13.8. The number of ether oxygens (including phenoxy) is 3. The Bertz CT molecular complexity index is 2000. The van der Waals surface area contributed by atoms with Gasteiger partial charge in [-0.25, -0.2) is 18.3 Å². The van der Waals surface area contributed by atoms with Crippen molar-refractivity contribution in [2.45, 2.75) is 44.9 Å². The predicted octanol–water partition coefficient (Wildman–Crippen LogP) is 5.64. The van der Waals surface area contributed by atoms with Crippen molar-refractivity contribution in [3.63, 3.8) is 0 Å². The highest BCUT2D eigenvalue weighted by Crippen LogP contribution is 2.43. The van der Waals surface area contributed by atoms with E-state index in [1.165, 1.54) is 25.3 Å². The number of imidazole rings is 1. The van der Waals surface area contributed by atoms with Gasteiger partial charge in [-0.15, -0.1) is 0 Å². The van der Waals surface area contributed by atoms with Crippen LogP contribution in [0.25, 0.3) is 22.4 Å². The van der Waals surface area contributed by atoms with E-state index in [2.05, 4.69) is 10.3 Å². The zero-order valence-corrected chi connectivity index (χ0v) is 28.7. The number of aromatic hydroxyl groups is 1. The molecule has 1 saturated heterocycles. The van der Waals surface area contributed by atoms with E-state index in [1.807, 2.05) is 11.0 Å². The fourth-order valence-corrected chi connectivity index (χ4v) is 6.38. The second-order valence-corrected chi connectivity index (χ2v) is 14.5. The molecule has 266 valence electrons. The van der Waals surface area contributed by atoms with E-state index in [0.29, 0.717) is 55.1 Å². The van der Waals surface area contributed by atoms with Crippen LogP contribution in [-0.2, 0) is 19.5 Å². The lowest BCUT2D eigenvalue weighted by Gasteiger charge is -2.29. The number of halogens is 4. The van der Waals surface area contributed by atoms with Gasteiger partial charge in [-0.2, -0.15) is 21.6 Å². The average molecular weight is 730 g/mol. The van der Waals surface area contributed by atoms with Crippen LogP contribution in [0.4, 0.5) is 29.3 Å². The minimum absolute atomic E-state index is 0.178. The van der Waals surface area contributed by atoms with Gasteiger partial charge in [0.15, 0.2) is 5.82 Å². The summed E-state index contributed by atoms with van der Waals surface area (Å²) in [6, 6.07) is 7.89. The molecule has 2 aromatic carbocycles. The second-order valence-electron chi connectivity index (χ2n) is 12.3. The Morgan fingerprint density at radius 2 is 1.84 bits per heavy atom. The van der Waals surface area contributed by atoms with E-state index in [-0.39, 0.29) is 20.0 Å². The van der Waals surface area contributed by atoms with Gasteiger partial charge in [0.05, 0.1) is 48.2 Å². The zero-order valence-electron chi connectivity index (χ0n) is 27.1. The van der Waals surface area contributed by atoms with E-state index in [0.717, 1.165) is 4.57 Å². The molecule has 0 spiro atoms. The fourth-order valence-electron chi connectivity index (χ4n) is 5.33. The average Bonchev–Trinajstić information content (AvgIpc) is 3.56. The second kappa shape index (κ2) is 13.3. The Morgan fingerprint density at radius 3 is 2.43 bits per heavy atom. The lowest BCUT2D eigenvalue weighted by Crippen LogP contribution is -2.36. The van der Waals surface area contributed by atoms with Crippen LogP contribution in [0, 0.1) is 6.92 Å². The Labute approximate surface area is 284 Å². The molecular weight excluding hydrogens is 695 g/mol. The summed E-state index contributed by atoms with van der Waals surface area (Å²) in [6.07, 6.45) is -1.82. The number of anilines is 2. The van der Waals surface area contributed by atoms with Crippen molar-refractivity contribution in [1.29, 1.82) is 0 Å². The van der Waals surface area contributed by atoms with Gasteiger partial charge >= 0.3 is 21.6 Å². The minimum atomic E-state index is -6.18. The highest BCUT2D eigenvalue weighted by molar-refractivity contribution is 7.90. The maximum atomic E-state index is 13.8. The number of morpholine rings is 1. The van der Waals surface area contributed by atoms with E-state index < -0.39 is 62.8 Å². The first-order valence-electron chi connectivity index (χ1n) is 14.9. The standard InChI is InChI=1S/C31H35ClF3N5O8S/c1-17-12-19(38-8-10-47-11-9-38)14-22-26(17)37-27(40(22)29(43)48-30(2,3)4)25-21(16-39(28(25)42)49(44,45)31(33,34)35)36-15-23(41)18-6-7-24(46-5)20(32)13-18/h6-7,12-14,16,23,36,41-42H,8-11,15H2,1-5H3/t23-/m1/s1. The first-order chi connectivity index (χ1) is 22.8. The van der Waals surface area contributed by atoms with Gasteiger partial charge in [-0.1, -0.05) is 17.7 Å². The molecule has 1 fully saturated rings. The molecule has 3 heterocycles. The number of carbonyl (C=O) groups is 1. The number of hydrogen-bond donors (Lipinski definition) is 3. The SMILES string of the molecule is COc1ccc([C@H](O)CNc2cn(S(=O)(=O)C(F)(F)F)c(O)c2-c2nc3c(C)cc(N4CCOCC4)cc3n2C(=O)OC(C)(C)C)cc1Cl. The third-order valence-electron chi connectivity index (χ3n) is 7.66. The monoisotopic (exact) mass is 729 g/mol. The maximum Gasteiger partial charge on any atom is 0.517 e. The summed E-state index contributed by atoms with van der Waals surface area (Å²) in [4.78, 5) is 20.4. The van der Waals surface area contributed by atoms with Crippen molar-refractivity contribution in [3.8, 4) is 23.0 Å². The Morgan fingerprint density at radius 1 is 1.16 bits per heavy atom. The quantitative estimate of drug-likeness (QED) is 0.206. The number of alkyl halides is 3. The van der Waals surface area contributed by atoms with Gasteiger partial charge in [0.25, 0.3) is 0 Å². The number of nitrogens with zero attached hydrogens (tertiary/aromatic N) is 4. The van der Waals surface area contributed by atoms with Gasteiger partial charge in [-0.05, 0) is 63.1 Å². The van der Waals surface area contributed by atoms with Crippen LogP contribution in [0.15, 0.2) is 36.5 Å². The first kappa shape index (κ1) is 36.1. The molecule has 1 atom stereocenters. The number of fused-ring (bicyclic) bond motifs is 1. The van der Waals surface area contributed by atoms with E-state index in [1.54, 1.807) is 33.8 Å². The van der Waals surface area contributed by atoms with Crippen molar-refractivity contribution in [1.82, 2.24) is 13.5 Å². The number of methoxy groups -OCH3 is 1. The summed E-state index contributed by atoms with van der Waals surface area (Å²) >= 11 is 6.19. The number of benzene rings is 2. The van der Waals surface area contributed by atoms with E-state index in [9.17, 15) is 36.6 Å². The topological polar surface area (TPSA) is 157 Å². The molecule has 1 aliphatic rings. The molecule has 0 aliphatic carbocycles. The van der Waals surface area contributed by atoms with Crippen LogP contribution >= 0.6 is 11.6 Å². The summed E-state index contributed by atoms with van der Waals surface area (Å²) < 4.78 is 83.5. The lowest BCUT2D eigenvalue weighted by molar-refractivity contribution is -0.0448. The number of carbonyl (C=O) groups excluding carboxylic acids is 1. The van der Waals surface area contributed by atoms with Crippen LogP contribution < -0.4 is 15.0 Å². The van der Waals surface area contributed by atoms with Crippen LogP contribution in [0.2, 0.25) is 5.02 Å². The number of aliphatic hydroxyl groups is 1. The summed E-state index contributed by atoms with van der Waals surface area (Å²) in [5.41, 5.74) is -5.82. The van der Waals surface area contributed by atoms with Crippen molar-refractivity contribution in [3.05, 3.63) is 52.7 Å². The third-order valence-corrected chi connectivity index (χ3v) is 9.33. The van der Waals surface area contributed by atoms with Gasteiger partial charge in [0.2, 0.25) is 5.88 Å². The Hall–Kier alpha value is -4.19. The van der Waals surface area contributed by atoms with E-state index >= 15 is 0 Å². The van der Waals surface area contributed by atoms with Crippen LogP contribution in [0.3, 0.4) is 0 Å². The van der Waals surface area contributed by atoms with Crippen molar-refractivity contribution in [2.75, 3.05) is 50.2 Å². The minimum Gasteiger partial charge on any atom is -0.495 e. The molecular formula is C31H35ClF3N5O8S. The number of hydrogen-bond acceptors (Lipinski definition) is 11. The van der Waals surface area contributed by atoms with Crippen LogP contribution in [0.1, 0.15) is 38.0 Å². The number of rotatable bonds is 8. The van der Waals surface area contributed by atoms with Crippen LogP contribution in [0.5, 0.6) is 11.6 Å². The number of aliphatic hydroxyl groups excluding tert-OH is 1. The largest absolute Gasteiger partial charge is 0.517 e. The molecule has 5 rings (SSSR count). The smallest absolute Gasteiger partial charge is 0.495 e. The highest BCUT2D eigenvalue weighted by atomic mass is 35.5. The molecule has 2 aromatic heterocycles. The summed E-state index contributed by atoms with van der Waals surface area (Å²) in [7, 11) is -4.78. The summed E-state index contributed by atoms with van der Waals surface area (Å²) in [5, 5.41) is 25.1. The fraction of sp³-hybridized carbons (Fsp3) is 0.419. The van der Waals surface area contributed by atoms with Gasteiger partial charge in [0.1, 0.15) is 16.9 Å². The Balaban J connectivity index is 1.71. The molecule has 0 saturated carbocycles. The molecule has 3 N–H and O–H groups in total. The zero-order chi connectivity index (χ0) is 36.1. The summed E-state index contributed by atoms with van der Waals surface area (Å²) in [5.74, 6) is -1.46. The molecule has 0 bridgehead atoms. The van der Waals surface area contributed by atoms with Crippen molar-refractivity contribution in [2.24, 2.45) is 0 Å². The third kappa shape index (κ3) is 7.11. The van der Waals surface area contributed by atoms with Crippen molar-refractivity contribution >= 4 is 50.1 Å². The molecule has 0 unspecified atom stereocenters. The number of aryl methyl sites for hydroxylation is 1. The predicted molar refractivity (Wildman–Crippen MR) is 176 cm³/mol. The van der Waals surface area contributed by atoms with E-state index in [4.69, 9.17) is 25.8 Å². The molecule has 18 heteroatoms. The molecule has 13 nitrogen and oxygen atoms in total.